The number of nitrogens with zero attached hydrogens (tertiary/aromatic N) is 3. The fraction of sp³-hybridized carbons (Fsp3) is 0.250. The standard InChI is InChI=1S/C28H27N3O4S/c1-17-26(36-27(29-17)18-10-5-4-6-11-18)24(32)22-23(31(14-9-15-35-3)28(34)25(22)33)20-16-30(2)21-13-8-7-12-19(20)21/h4-8,10-13,16,23,33H,9,14-15H2,1-3H3. The zero-order chi connectivity index (χ0) is 25.4. The Balaban J connectivity index is 1.62. The van der Waals surface area contributed by atoms with Gasteiger partial charge in [0.2, 0.25) is 5.78 Å². The molecule has 3 heterocycles. The van der Waals surface area contributed by atoms with Crippen LogP contribution in [-0.4, -0.2) is 51.5 Å². The monoisotopic (exact) mass is 501 g/mol. The van der Waals surface area contributed by atoms with Crippen molar-refractivity contribution < 1.29 is 19.4 Å². The van der Waals surface area contributed by atoms with E-state index in [0.717, 1.165) is 27.0 Å². The minimum Gasteiger partial charge on any atom is -0.503 e. The molecule has 1 aliphatic rings. The van der Waals surface area contributed by atoms with Crippen LogP contribution in [0.15, 0.2) is 72.1 Å². The van der Waals surface area contributed by atoms with Crippen molar-refractivity contribution >= 4 is 33.9 Å². The number of aliphatic hydroxyl groups is 1. The molecule has 0 fully saturated rings. The van der Waals surface area contributed by atoms with Crippen molar-refractivity contribution in [3.63, 3.8) is 0 Å². The topological polar surface area (TPSA) is 84.7 Å². The van der Waals surface area contributed by atoms with Crippen molar-refractivity contribution in [2.45, 2.75) is 19.4 Å². The molecule has 4 aromatic rings. The number of carbonyl (C=O) groups is 2. The van der Waals surface area contributed by atoms with E-state index >= 15 is 0 Å². The van der Waals surface area contributed by atoms with Gasteiger partial charge in [-0.3, -0.25) is 9.59 Å². The average molecular weight is 502 g/mol. The number of carbonyl (C=O) groups excluding carboxylic acids is 2. The van der Waals surface area contributed by atoms with E-state index in [2.05, 4.69) is 4.98 Å². The number of rotatable bonds is 8. The van der Waals surface area contributed by atoms with Crippen molar-refractivity contribution in [3.8, 4) is 10.6 Å². The molecule has 1 amide bonds. The Labute approximate surface area is 213 Å². The summed E-state index contributed by atoms with van der Waals surface area (Å²) in [5.41, 5.74) is 3.37. The summed E-state index contributed by atoms with van der Waals surface area (Å²) in [6.07, 6.45) is 2.52. The molecule has 184 valence electrons. The number of thiazole rings is 1. The first-order valence-electron chi connectivity index (χ1n) is 11.8. The highest BCUT2D eigenvalue weighted by Gasteiger charge is 2.45. The maximum absolute atomic E-state index is 14.0. The number of benzene rings is 2. The number of aromatic nitrogens is 2. The molecular weight excluding hydrogens is 474 g/mol. The van der Waals surface area contributed by atoms with E-state index in [1.54, 1.807) is 18.9 Å². The van der Waals surface area contributed by atoms with Gasteiger partial charge in [0.15, 0.2) is 5.76 Å². The lowest BCUT2D eigenvalue weighted by atomic mass is 9.94. The van der Waals surface area contributed by atoms with Gasteiger partial charge in [-0.1, -0.05) is 48.5 Å². The Morgan fingerprint density at radius 1 is 1.14 bits per heavy atom. The summed E-state index contributed by atoms with van der Waals surface area (Å²) in [7, 11) is 3.54. The summed E-state index contributed by atoms with van der Waals surface area (Å²) in [4.78, 5) is 33.9. The molecule has 1 N–H and O–H groups in total. The van der Waals surface area contributed by atoms with Crippen LogP contribution in [0.5, 0.6) is 0 Å². The van der Waals surface area contributed by atoms with Crippen molar-refractivity contribution in [2.75, 3.05) is 20.3 Å². The van der Waals surface area contributed by atoms with Crippen LogP contribution in [0.2, 0.25) is 0 Å². The lowest BCUT2D eigenvalue weighted by molar-refractivity contribution is -0.129. The molecule has 0 bridgehead atoms. The van der Waals surface area contributed by atoms with Crippen LogP contribution in [0.1, 0.15) is 33.4 Å². The van der Waals surface area contributed by atoms with Gasteiger partial charge in [0, 0.05) is 55.5 Å². The molecule has 2 aromatic carbocycles. The molecule has 1 unspecified atom stereocenters. The van der Waals surface area contributed by atoms with Crippen LogP contribution in [0.3, 0.4) is 0 Å². The number of amides is 1. The zero-order valence-corrected chi connectivity index (χ0v) is 21.2. The number of aliphatic hydroxyl groups excluding tert-OH is 1. The van der Waals surface area contributed by atoms with E-state index in [1.165, 1.54) is 11.3 Å². The van der Waals surface area contributed by atoms with Gasteiger partial charge in [-0.2, -0.15) is 0 Å². The highest BCUT2D eigenvalue weighted by atomic mass is 32.1. The van der Waals surface area contributed by atoms with Crippen molar-refractivity contribution in [2.24, 2.45) is 7.05 Å². The predicted octanol–water partition coefficient (Wildman–Crippen LogP) is 5.23. The molecule has 0 saturated carbocycles. The predicted molar refractivity (Wildman–Crippen MR) is 140 cm³/mol. The zero-order valence-electron chi connectivity index (χ0n) is 20.4. The first kappa shape index (κ1) is 24.0. The van der Waals surface area contributed by atoms with Gasteiger partial charge in [-0.25, -0.2) is 4.98 Å². The van der Waals surface area contributed by atoms with E-state index in [4.69, 9.17) is 4.74 Å². The van der Waals surface area contributed by atoms with E-state index in [0.29, 0.717) is 30.1 Å². The van der Waals surface area contributed by atoms with Crippen molar-refractivity contribution in [3.05, 3.63) is 88.3 Å². The Kier molecular flexibility index (Phi) is 6.47. The SMILES string of the molecule is COCCCN1C(=O)C(O)=C(C(=O)c2sc(-c3ccccc3)nc2C)C1c1cn(C)c2ccccc12. The van der Waals surface area contributed by atoms with Crippen LogP contribution in [0.4, 0.5) is 0 Å². The van der Waals surface area contributed by atoms with Gasteiger partial charge < -0.3 is 19.3 Å². The molecule has 0 spiro atoms. The first-order chi connectivity index (χ1) is 17.4. The fourth-order valence-electron chi connectivity index (χ4n) is 4.84. The van der Waals surface area contributed by atoms with Gasteiger partial charge in [-0.05, 0) is 19.4 Å². The molecular formula is C28H27N3O4S. The molecule has 7 nitrogen and oxygen atoms in total. The van der Waals surface area contributed by atoms with Crippen LogP contribution in [-0.2, 0) is 16.6 Å². The highest BCUT2D eigenvalue weighted by molar-refractivity contribution is 7.17. The quantitative estimate of drug-likeness (QED) is 0.264. The van der Waals surface area contributed by atoms with Crippen LogP contribution >= 0.6 is 11.3 Å². The third-order valence-corrected chi connectivity index (χ3v) is 7.75. The summed E-state index contributed by atoms with van der Waals surface area (Å²) < 4.78 is 7.17. The number of ether oxygens (including phenoxy) is 1. The number of fused-ring (bicyclic) bond motifs is 1. The second kappa shape index (κ2) is 9.72. The minimum absolute atomic E-state index is 0.0973. The number of para-hydroxylation sites is 1. The fourth-order valence-corrected chi connectivity index (χ4v) is 5.87. The highest BCUT2D eigenvalue weighted by Crippen LogP contribution is 2.43. The minimum atomic E-state index is -0.713. The summed E-state index contributed by atoms with van der Waals surface area (Å²) in [5.74, 6) is -1.41. The summed E-state index contributed by atoms with van der Waals surface area (Å²) in [5, 5.41) is 12.7. The maximum atomic E-state index is 14.0. The number of aryl methyl sites for hydroxylation is 2. The maximum Gasteiger partial charge on any atom is 0.290 e. The van der Waals surface area contributed by atoms with Gasteiger partial charge in [-0.15, -0.1) is 11.3 Å². The summed E-state index contributed by atoms with van der Waals surface area (Å²) >= 11 is 1.28. The van der Waals surface area contributed by atoms with Gasteiger partial charge in [0.25, 0.3) is 5.91 Å². The Morgan fingerprint density at radius 2 is 1.86 bits per heavy atom. The second-order valence-corrected chi connectivity index (χ2v) is 9.85. The molecule has 8 heteroatoms. The normalized spacial score (nSPS) is 15.9. The molecule has 0 radical (unpaired) electrons. The Morgan fingerprint density at radius 3 is 2.61 bits per heavy atom. The van der Waals surface area contributed by atoms with Crippen LogP contribution < -0.4 is 0 Å². The first-order valence-corrected chi connectivity index (χ1v) is 12.6. The molecule has 1 atom stereocenters. The molecule has 0 saturated heterocycles. The number of ketones is 1. The third kappa shape index (κ3) is 4.02. The molecule has 0 aliphatic carbocycles. The lowest BCUT2D eigenvalue weighted by Crippen LogP contribution is -2.32. The third-order valence-electron chi connectivity index (χ3n) is 6.54. The van der Waals surface area contributed by atoms with Gasteiger partial charge in [0.05, 0.1) is 22.2 Å². The van der Waals surface area contributed by atoms with E-state index in [1.807, 2.05) is 72.4 Å². The Bertz CT molecular complexity index is 1490. The summed E-state index contributed by atoms with van der Waals surface area (Å²) in [6.45, 7) is 2.59. The largest absolute Gasteiger partial charge is 0.503 e. The second-order valence-electron chi connectivity index (χ2n) is 8.85. The van der Waals surface area contributed by atoms with Gasteiger partial charge in [0.1, 0.15) is 5.01 Å². The van der Waals surface area contributed by atoms with Crippen LogP contribution in [0.25, 0.3) is 21.5 Å². The summed E-state index contributed by atoms with van der Waals surface area (Å²) in [6, 6.07) is 16.8. The molecule has 2 aromatic heterocycles. The van der Waals surface area contributed by atoms with Gasteiger partial charge >= 0.3 is 0 Å². The van der Waals surface area contributed by atoms with Crippen molar-refractivity contribution in [1.29, 1.82) is 0 Å². The van der Waals surface area contributed by atoms with E-state index < -0.39 is 17.7 Å². The lowest BCUT2D eigenvalue weighted by Gasteiger charge is -2.26. The Hall–Kier alpha value is -3.75. The molecule has 1 aliphatic heterocycles. The number of Topliss-reactive ketones (excluding diaryl/α,β-unsaturated/α-hetero) is 1. The number of hydrogen-bond acceptors (Lipinski definition) is 6. The number of hydrogen-bond donors (Lipinski definition) is 1. The van der Waals surface area contributed by atoms with Crippen molar-refractivity contribution in [1.82, 2.24) is 14.5 Å². The average Bonchev–Trinajstić information content (AvgIpc) is 3.52. The smallest absolute Gasteiger partial charge is 0.290 e. The number of methoxy groups -OCH3 is 1. The molecule has 5 rings (SSSR count). The molecule has 36 heavy (non-hydrogen) atoms. The van der Waals surface area contributed by atoms with Crippen LogP contribution in [0, 0.1) is 6.92 Å². The van der Waals surface area contributed by atoms with E-state index in [9.17, 15) is 14.7 Å². The van der Waals surface area contributed by atoms with E-state index in [-0.39, 0.29) is 11.4 Å².